The summed E-state index contributed by atoms with van der Waals surface area (Å²) in [4.78, 5) is 15.2. The molecule has 1 saturated heterocycles. The van der Waals surface area contributed by atoms with Gasteiger partial charge < -0.3 is 28.3 Å². The predicted molar refractivity (Wildman–Crippen MR) is 123 cm³/mol. The van der Waals surface area contributed by atoms with Gasteiger partial charge in [-0.3, -0.25) is 4.79 Å². The SMILES string of the molecule is COc1ccccc1CN(CC1CCCO1)C(=O)c1ccc(COc2ccccc2OC)o1. The van der Waals surface area contributed by atoms with E-state index in [1.807, 2.05) is 48.5 Å². The molecule has 7 heteroatoms. The van der Waals surface area contributed by atoms with Crippen LogP contribution in [0.3, 0.4) is 0 Å². The topological polar surface area (TPSA) is 70.4 Å². The summed E-state index contributed by atoms with van der Waals surface area (Å²) in [6, 6.07) is 18.5. The van der Waals surface area contributed by atoms with Crippen molar-refractivity contribution in [1.29, 1.82) is 0 Å². The van der Waals surface area contributed by atoms with Crippen LogP contribution >= 0.6 is 0 Å². The Morgan fingerprint density at radius 3 is 2.42 bits per heavy atom. The quantitative estimate of drug-likeness (QED) is 0.445. The van der Waals surface area contributed by atoms with Crippen molar-refractivity contribution in [2.24, 2.45) is 0 Å². The fourth-order valence-electron chi connectivity index (χ4n) is 3.91. The van der Waals surface area contributed by atoms with Crippen LogP contribution in [-0.2, 0) is 17.9 Å². The molecule has 7 nitrogen and oxygen atoms in total. The third kappa shape index (κ3) is 5.68. The summed E-state index contributed by atoms with van der Waals surface area (Å²) in [6.45, 7) is 1.81. The van der Waals surface area contributed by atoms with Gasteiger partial charge in [0.1, 0.15) is 18.1 Å². The van der Waals surface area contributed by atoms with Crippen LogP contribution < -0.4 is 14.2 Å². The first kappa shape index (κ1) is 22.7. The van der Waals surface area contributed by atoms with Crippen molar-refractivity contribution in [3.05, 3.63) is 77.7 Å². The monoisotopic (exact) mass is 451 g/mol. The van der Waals surface area contributed by atoms with Gasteiger partial charge in [0.05, 0.1) is 20.3 Å². The van der Waals surface area contributed by atoms with E-state index < -0.39 is 0 Å². The number of nitrogens with zero attached hydrogens (tertiary/aromatic N) is 1. The number of carbonyl (C=O) groups excluding carboxylic acids is 1. The van der Waals surface area contributed by atoms with E-state index in [0.717, 1.165) is 30.8 Å². The second-order valence-corrected chi connectivity index (χ2v) is 7.84. The second kappa shape index (κ2) is 10.9. The first-order valence-corrected chi connectivity index (χ1v) is 11.0. The molecule has 2 heterocycles. The van der Waals surface area contributed by atoms with E-state index in [1.54, 1.807) is 31.3 Å². The Morgan fingerprint density at radius 2 is 1.70 bits per heavy atom. The molecule has 0 N–H and O–H groups in total. The fourth-order valence-corrected chi connectivity index (χ4v) is 3.91. The lowest BCUT2D eigenvalue weighted by atomic mass is 10.1. The van der Waals surface area contributed by atoms with Crippen LogP contribution in [0.5, 0.6) is 17.2 Å². The number of para-hydroxylation sites is 3. The molecular weight excluding hydrogens is 422 g/mol. The summed E-state index contributed by atoms with van der Waals surface area (Å²) in [6.07, 6.45) is 1.96. The minimum atomic E-state index is -0.194. The number of hydrogen-bond acceptors (Lipinski definition) is 6. The largest absolute Gasteiger partial charge is 0.496 e. The molecule has 1 amide bonds. The zero-order valence-electron chi connectivity index (χ0n) is 19.0. The summed E-state index contributed by atoms with van der Waals surface area (Å²) >= 11 is 0. The van der Waals surface area contributed by atoms with Gasteiger partial charge >= 0.3 is 0 Å². The summed E-state index contributed by atoms with van der Waals surface area (Å²) in [5.74, 6) is 2.62. The van der Waals surface area contributed by atoms with Crippen LogP contribution in [0.4, 0.5) is 0 Å². The molecule has 1 fully saturated rings. The van der Waals surface area contributed by atoms with Gasteiger partial charge in [-0.15, -0.1) is 0 Å². The van der Waals surface area contributed by atoms with Crippen molar-refractivity contribution in [2.45, 2.75) is 32.1 Å². The Labute approximate surface area is 193 Å². The molecule has 0 aliphatic carbocycles. The van der Waals surface area contributed by atoms with Crippen molar-refractivity contribution in [3.8, 4) is 17.2 Å². The van der Waals surface area contributed by atoms with Crippen molar-refractivity contribution in [2.75, 3.05) is 27.4 Å². The highest BCUT2D eigenvalue weighted by atomic mass is 16.5. The minimum Gasteiger partial charge on any atom is -0.496 e. The van der Waals surface area contributed by atoms with Crippen molar-refractivity contribution in [3.63, 3.8) is 0 Å². The van der Waals surface area contributed by atoms with E-state index in [2.05, 4.69) is 0 Å². The Balaban J connectivity index is 1.48. The van der Waals surface area contributed by atoms with E-state index in [9.17, 15) is 4.79 Å². The molecule has 1 aliphatic heterocycles. The number of methoxy groups -OCH3 is 2. The van der Waals surface area contributed by atoms with Crippen LogP contribution in [0.2, 0.25) is 0 Å². The van der Waals surface area contributed by atoms with Crippen molar-refractivity contribution in [1.82, 2.24) is 4.90 Å². The molecule has 2 aromatic carbocycles. The van der Waals surface area contributed by atoms with Gasteiger partial charge in [-0.1, -0.05) is 30.3 Å². The third-order valence-electron chi connectivity index (χ3n) is 5.60. The van der Waals surface area contributed by atoms with Crippen LogP contribution in [-0.4, -0.2) is 44.3 Å². The number of amides is 1. The normalized spacial score (nSPS) is 15.3. The summed E-state index contributed by atoms with van der Waals surface area (Å²) < 4.78 is 28.3. The van der Waals surface area contributed by atoms with E-state index in [0.29, 0.717) is 30.3 Å². The summed E-state index contributed by atoms with van der Waals surface area (Å²) in [5, 5.41) is 0. The number of ether oxygens (including phenoxy) is 4. The average molecular weight is 452 g/mol. The third-order valence-corrected chi connectivity index (χ3v) is 5.60. The maximum Gasteiger partial charge on any atom is 0.289 e. The molecule has 0 spiro atoms. The van der Waals surface area contributed by atoms with Crippen LogP contribution in [0, 0.1) is 0 Å². The zero-order chi connectivity index (χ0) is 23.0. The molecule has 4 rings (SSSR count). The predicted octanol–water partition coefficient (Wildman–Crippen LogP) is 4.70. The van der Waals surface area contributed by atoms with Crippen LogP contribution in [0.25, 0.3) is 0 Å². The van der Waals surface area contributed by atoms with Gasteiger partial charge in [-0.2, -0.15) is 0 Å². The molecule has 0 radical (unpaired) electrons. The fraction of sp³-hybridized carbons (Fsp3) is 0.346. The maximum atomic E-state index is 13.4. The lowest BCUT2D eigenvalue weighted by molar-refractivity contribution is 0.0479. The molecule has 1 aromatic heterocycles. The first-order valence-electron chi connectivity index (χ1n) is 11.0. The standard InChI is InChI=1S/C26H29NO6/c1-29-22-10-4-3-8-19(22)16-27(17-20-9-7-15-31-20)26(28)25-14-13-21(33-25)18-32-24-12-6-5-11-23(24)30-2/h3-6,8,10-14,20H,7,9,15-18H2,1-2H3. The lowest BCUT2D eigenvalue weighted by Crippen LogP contribution is -2.36. The van der Waals surface area contributed by atoms with Crippen molar-refractivity contribution >= 4 is 5.91 Å². The van der Waals surface area contributed by atoms with Gasteiger partial charge in [0.15, 0.2) is 17.3 Å². The molecule has 1 atom stereocenters. The van der Waals surface area contributed by atoms with E-state index in [1.165, 1.54) is 0 Å². The van der Waals surface area contributed by atoms with E-state index in [4.69, 9.17) is 23.4 Å². The molecule has 33 heavy (non-hydrogen) atoms. The van der Waals surface area contributed by atoms with E-state index >= 15 is 0 Å². The number of furan rings is 1. The first-order chi connectivity index (χ1) is 16.2. The highest BCUT2D eigenvalue weighted by molar-refractivity contribution is 5.91. The van der Waals surface area contributed by atoms with Crippen LogP contribution in [0.1, 0.15) is 34.7 Å². The maximum absolute atomic E-state index is 13.4. The second-order valence-electron chi connectivity index (χ2n) is 7.84. The van der Waals surface area contributed by atoms with Gasteiger partial charge in [-0.05, 0) is 43.2 Å². The molecule has 3 aromatic rings. The molecule has 174 valence electrons. The van der Waals surface area contributed by atoms with Gasteiger partial charge in [0.2, 0.25) is 0 Å². The highest BCUT2D eigenvalue weighted by Gasteiger charge is 2.26. The van der Waals surface area contributed by atoms with Gasteiger partial charge in [-0.25, -0.2) is 0 Å². The Morgan fingerprint density at radius 1 is 0.970 bits per heavy atom. The van der Waals surface area contributed by atoms with Crippen molar-refractivity contribution < 1.29 is 28.2 Å². The molecule has 0 bridgehead atoms. The summed E-state index contributed by atoms with van der Waals surface area (Å²) in [7, 11) is 3.22. The van der Waals surface area contributed by atoms with Crippen LogP contribution in [0.15, 0.2) is 65.1 Å². The summed E-state index contributed by atoms with van der Waals surface area (Å²) in [5.41, 5.74) is 0.928. The van der Waals surface area contributed by atoms with Gasteiger partial charge in [0, 0.05) is 25.3 Å². The smallest absolute Gasteiger partial charge is 0.289 e. The average Bonchev–Trinajstić information content (AvgIpc) is 3.54. The number of benzene rings is 2. The Hall–Kier alpha value is -3.45. The molecular formula is C26H29NO6. The zero-order valence-corrected chi connectivity index (χ0v) is 19.0. The highest BCUT2D eigenvalue weighted by Crippen LogP contribution is 2.27. The van der Waals surface area contributed by atoms with Gasteiger partial charge in [0.25, 0.3) is 5.91 Å². The number of carbonyl (C=O) groups is 1. The molecule has 1 aliphatic rings. The Bertz CT molecular complexity index is 1060. The number of rotatable bonds is 10. The minimum absolute atomic E-state index is 0.0203. The number of hydrogen-bond donors (Lipinski definition) is 0. The van der Waals surface area contributed by atoms with E-state index in [-0.39, 0.29) is 24.4 Å². The Kier molecular flexibility index (Phi) is 7.52. The molecule has 0 saturated carbocycles. The lowest BCUT2D eigenvalue weighted by Gasteiger charge is -2.25. The molecule has 1 unspecified atom stereocenters.